The lowest BCUT2D eigenvalue weighted by molar-refractivity contribution is -0.117. The van der Waals surface area contributed by atoms with E-state index in [2.05, 4.69) is 20.8 Å². The zero-order valence-electron chi connectivity index (χ0n) is 11.8. The van der Waals surface area contributed by atoms with E-state index in [-0.39, 0.29) is 17.2 Å². The van der Waals surface area contributed by atoms with E-state index >= 15 is 0 Å². The number of hydrogen-bond acceptors (Lipinski definition) is 7. The maximum Gasteiger partial charge on any atom is 0.321 e. The molecule has 0 bridgehead atoms. The number of carbonyl (C=O) groups excluding carboxylic acids is 2. The molecule has 0 aromatic carbocycles. The highest BCUT2D eigenvalue weighted by molar-refractivity contribution is 8.03. The molecule has 112 valence electrons. The van der Waals surface area contributed by atoms with E-state index in [4.69, 9.17) is 0 Å². The molecule has 0 saturated heterocycles. The fraction of sp³-hybridized carbons (Fsp3) is 0.636. The van der Waals surface area contributed by atoms with Crippen molar-refractivity contribution < 1.29 is 9.59 Å². The van der Waals surface area contributed by atoms with Crippen LogP contribution in [-0.4, -0.2) is 39.2 Å². The summed E-state index contributed by atoms with van der Waals surface area (Å²) in [7, 11) is 0. The van der Waals surface area contributed by atoms with Gasteiger partial charge in [0.1, 0.15) is 0 Å². The van der Waals surface area contributed by atoms with Crippen LogP contribution in [0.5, 0.6) is 0 Å². The van der Waals surface area contributed by atoms with Gasteiger partial charge in [-0.2, -0.15) is 0 Å². The second-order valence-electron chi connectivity index (χ2n) is 4.81. The van der Waals surface area contributed by atoms with Gasteiger partial charge < -0.3 is 5.32 Å². The van der Waals surface area contributed by atoms with Crippen LogP contribution in [0.2, 0.25) is 0 Å². The van der Waals surface area contributed by atoms with Crippen LogP contribution in [0.3, 0.4) is 0 Å². The van der Waals surface area contributed by atoms with Gasteiger partial charge in [-0.05, 0) is 26.5 Å². The fourth-order valence-electron chi connectivity index (χ4n) is 1.10. The minimum Gasteiger partial charge on any atom is -0.333 e. The minimum atomic E-state index is -0.484. The zero-order valence-corrected chi connectivity index (χ0v) is 14.3. The molecule has 2 N–H and O–H groups in total. The van der Waals surface area contributed by atoms with E-state index in [1.807, 2.05) is 27.7 Å². The monoisotopic (exact) mass is 334 g/mol. The Balaban J connectivity index is 2.33. The van der Waals surface area contributed by atoms with Crippen molar-refractivity contribution in [3.63, 3.8) is 0 Å². The third-order valence-corrected chi connectivity index (χ3v) is 4.80. The van der Waals surface area contributed by atoms with Gasteiger partial charge >= 0.3 is 6.03 Å². The molecule has 0 fully saturated rings. The Morgan fingerprint density at radius 2 is 1.80 bits per heavy atom. The summed E-state index contributed by atoms with van der Waals surface area (Å²) < 4.78 is 1.62. The minimum absolute atomic E-state index is 0.142. The Morgan fingerprint density at radius 3 is 2.35 bits per heavy atom. The number of hydrogen-bond donors (Lipinski definition) is 2. The van der Waals surface area contributed by atoms with Crippen molar-refractivity contribution in [1.82, 2.24) is 20.8 Å². The lowest BCUT2D eigenvalue weighted by atomic mass is 10.1. The van der Waals surface area contributed by atoms with Gasteiger partial charge in [-0.25, -0.2) is 4.79 Å². The van der Waals surface area contributed by atoms with Crippen molar-refractivity contribution >= 4 is 46.8 Å². The van der Waals surface area contributed by atoms with Crippen molar-refractivity contribution in [1.29, 1.82) is 0 Å². The van der Waals surface area contributed by atoms with Crippen molar-refractivity contribution in [2.45, 2.75) is 41.9 Å². The van der Waals surface area contributed by atoms with E-state index in [0.717, 1.165) is 14.4 Å². The Labute approximate surface area is 130 Å². The van der Waals surface area contributed by atoms with Crippen LogP contribution in [0.25, 0.3) is 0 Å². The number of nitrogens with zero attached hydrogens (tertiary/aromatic N) is 2. The summed E-state index contributed by atoms with van der Waals surface area (Å²) in [5.41, 5.74) is -0.372. The summed E-state index contributed by atoms with van der Waals surface area (Å²) >= 11 is 4.34. The molecule has 1 aromatic heterocycles. The molecule has 3 amide bonds. The molecule has 0 unspecified atom stereocenters. The van der Waals surface area contributed by atoms with Crippen LogP contribution in [0, 0.1) is 0 Å². The Kier molecular flexibility index (Phi) is 6.77. The predicted octanol–water partition coefficient (Wildman–Crippen LogP) is 2.37. The molecule has 0 spiro atoms. The summed E-state index contributed by atoms with van der Waals surface area (Å²) in [6.45, 7) is 7.58. The first-order valence-corrected chi connectivity index (χ1v) is 8.80. The van der Waals surface area contributed by atoms with E-state index in [9.17, 15) is 9.59 Å². The Bertz CT molecular complexity index is 470. The SMILES string of the molecule is CCSc1nnc(SCC(=O)NC(=O)NC(C)(C)C)s1. The molecule has 1 aromatic rings. The summed E-state index contributed by atoms with van der Waals surface area (Å²) in [4.78, 5) is 23.1. The normalized spacial score (nSPS) is 11.2. The first-order valence-electron chi connectivity index (χ1n) is 6.01. The molecule has 9 heteroatoms. The summed E-state index contributed by atoms with van der Waals surface area (Å²) in [5.74, 6) is 0.729. The van der Waals surface area contributed by atoms with Crippen LogP contribution in [0.15, 0.2) is 8.68 Å². The number of imide groups is 1. The van der Waals surface area contributed by atoms with E-state index in [0.29, 0.717) is 0 Å². The van der Waals surface area contributed by atoms with Gasteiger partial charge in [-0.3, -0.25) is 10.1 Å². The summed E-state index contributed by atoms with van der Waals surface area (Å²) in [6, 6.07) is -0.484. The highest BCUT2D eigenvalue weighted by Crippen LogP contribution is 2.28. The molecule has 1 heterocycles. The quantitative estimate of drug-likeness (QED) is 0.804. The smallest absolute Gasteiger partial charge is 0.321 e. The Morgan fingerprint density at radius 1 is 1.20 bits per heavy atom. The molecular weight excluding hydrogens is 316 g/mol. The Hall–Kier alpha value is -0.800. The van der Waals surface area contributed by atoms with Gasteiger partial charge in [-0.1, -0.05) is 41.8 Å². The average Bonchev–Trinajstić information content (AvgIpc) is 2.72. The fourth-order valence-corrected chi connectivity index (χ4v) is 3.82. The van der Waals surface area contributed by atoms with Crippen LogP contribution in [-0.2, 0) is 4.79 Å². The second-order valence-corrected chi connectivity index (χ2v) is 8.52. The lowest BCUT2D eigenvalue weighted by Gasteiger charge is -2.20. The number of amides is 3. The number of urea groups is 1. The van der Waals surface area contributed by atoms with E-state index < -0.39 is 6.03 Å². The number of carbonyl (C=O) groups is 2. The standard InChI is InChI=1S/C11H18N4O2S3/c1-5-18-9-14-15-10(20-9)19-6-7(16)12-8(17)13-11(2,3)4/h5-6H2,1-4H3,(H2,12,13,16,17). The molecule has 0 radical (unpaired) electrons. The van der Waals surface area contributed by atoms with Crippen LogP contribution < -0.4 is 10.6 Å². The van der Waals surface area contributed by atoms with Crippen LogP contribution >= 0.6 is 34.9 Å². The number of nitrogens with one attached hydrogen (secondary N) is 2. The van der Waals surface area contributed by atoms with Crippen LogP contribution in [0.1, 0.15) is 27.7 Å². The number of aromatic nitrogens is 2. The summed E-state index contributed by atoms with van der Waals surface area (Å²) in [6.07, 6.45) is 0. The highest BCUT2D eigenvalue weighted by Gasteiger charge is 2.16. The van der Waals surface area contributed by atoms with Gasteiger partial charge in [0, 0.05) is 5.54 Å². The van der Waals surface area contributed by atoms with Crippen molar-refractivity contribution in [2.75, 3.05) is 11.5 Å². The molecule has 6 nitrogen and oxygen atoms in total. The third-order valence-electron chi connectivity index (χ3n) is 1.72. The predicted molar refractivity (Wildman–Crippen MR) is 83.5 cm³/mol. The van der Waals surface area contributed by atoms with Gasteiger partial charge in [0.15, 0.2) is 8.68 Å². The topological polar surface area (TPSA) is 84.0 Å². The molecule has 0 aliphatic heterocycles. The summed E-state index contributed by atoms with van der Waals surface area (Å²) in [5, 5.41) is 12.9. The molecule has 0 atom stereocenters. The molecule has 1 rings (SSSR count). The second kappa shape index (κ2) is 7.84. The lowest BCUT2D eigenvalue weighted by Crippen LogP contribution is -2.48. The number of rotatable bonds is 5. The zero-order chi connectivity index (χ0) is 15.2. The maximum absolute atomic E-state index is 11.6. The first kappa shape index (κ1) is 17.3. The van der Waals surface area contributed by atoms with Crippen molar-refractivity contribution in [3.05, 3.63) is 0 Å². The van der Waals surface area contributed by atoms with Gasteiger partial charge in [0.25, 0.3) is 0 Å². The molecular formula is C11H18N4O2S3. The average molecular weight is 334 g/mol. The van der Waals surface area contributed by atoms with Crippen molar-refractivity contribution in [3.8, 4) is 0 Å². The molecule has 0 saturated carbocycles. The third kappa shape index (κ3) is 7.11. The van der Waals surface area contributed by atoms with Gasteiger partial charge in [0.05, 0.1) is 5.75 Å². The first-order chi connectivity index (χ1) is 9.30. The van der Waals surface area contributed by atoms with Crippen LogP contribution in [0.4, 0.5) is 4.79 Å². The van der Waals surface area contributed by atoms with E-state index in [1.165, 1.54) is 23.1 Å². The highest BCUT2D eigenvalue weighted by atomic mass is 32.2. The van der Waals surface area contributed by atoms with Gasteiger partial charge in [-0.15, -0.1) is 10.2 Å². The van der Waals surface area contributed by atoms with E-state index in [1.54, 1.807) is 11.8 Å². The van der Waals surface area contributed by atoms with Gasteiger partial charge in [0.2, 0.25) is 5.91 Å². The maximum atomic E-state index is 11.6. The number of thioether (sulfide) groups is 2. The molecule has 20 heavy (non-hydrogen) atoms. The molecule has 0 aliphatic rings. The molecule has 0 aliphatic carbocycles. The largest absolute Gasteiger partial charge is 0.333 e. The van der Waals surface area contributed by atoms with Crippen molar-refractivity contribution in [2.24, 2.45) is 0 Å².